The number of ether oxygens (including phenoxy) is 1. The zero-order valence-electron chi connectivity index (χ0n) is 16.2. The second-order valence-electron chi connectivity index (χ2n) is 6.43. The summed E-state index contributed by atoms with van der Waals surface area (Å²) < 4.78 is 7.21. The van der Waals surface area contributed by atoms with Crippen LogP contribution in [0.3, 0.4) is 0 Å². The Bertz CT molecular complexity index is 1200. The summed E-state index contributed by atoms with van der Waals surface area (Å²) in [5, 5.41) is 33.7. The highest BCUT2D eigenvalue weighted by molar-refractivity contribution is 6.31. The Balaban J connectivity index is 1.99. The Kier molecular flexibility index (Phi) is 7.17. The van der Waals surface area contributed by atoms with Crippen LogP contribution < -0.4 is 10.5 Å². The van der Waals surface area contributed by atoms with Crippen LogP contribution in [0, 0.1) is 22.7 Å². The summed E-state index contributed by atoms with van der Waals surface area (Å²) in [5.74, 6) is 0.575. The number of hydrogen-bond acceptors (Lipinski definition) is 6. The van der Waals surface area contributed by atoms with E-state index in [-0.39, 0.29) is 42.4 Å². The number of benzene rings is 2. The summed E-state index contributed by atoms with van der Waals surface area (Å²) in [7, 11) is 0. The molecule has 1 heterocycles. The van der Waals surface area contributed by atoms with E-state index in [0.717, 1.165) is 5.56 Å². The molecule has 0 aliphatic rings. The Hall–Kier alpha value is -3.49. The van der Waals surface area contributed by atoms with Crippen molar-refractivity contribution >= 4 is 40.7 Å². The summed E-state index contributed by atoms with van der Waals surface area (Å²) in [6.45, 7) is 0.174. The largest absolute Gasteiger partial charge is 0.488 e. The fraction of sp³-hybridized carbons (Fsp3) is 0.136. The van der Waals surface area contributed by atoms with Gasteiger partial charge in [-0.05, 0) is 42.0 Å². The molecule has 7 nitrogen and oxygen atoms in total. The number of aliphatic hydroxyl groups is 1. The molecule has 0 atom stereocenters. The summed E-state index contributed by atoms with van der Waals surface area (Å²) in [5.41, 5.74) is 7.69. The van der Waals surface area contributed by atoms with E-state index in [1.54, 1.807) is 30.3 Å². The van der Waals surface area contributed by atoms with Crippen molar-refractivity contribution in [3.8, 4) is 17.9 Å². The van der Waals surface area contributed by atoms with E-state index in [2.05, 4.69) is 11.2 Å². The van der Waals surface area contributed by atoms with Gasteiger partial charge in [0.2, 0.25) is 0 Å². The van der Waals surface area contributed by atoms with E-state index >= 15 is 0 Å². The first-order valence-corrected chi connectivity index (χ1v) is 9.88. The van der Waals surface area contributed by atoms with Gasteiger partial charge in [0.25, 0.3) is 0 Å². The molecular formula is C22H17Cl2N5O2. The Morgan fingerprint density at radius 3 is 2.52 bits per heavy atom. The maximum Gasteiger partial charge on any atom is 0.140 e. The Morgan fingerprint density at radius 2 is 1.87 bits per heavy atom. The van der Waals surface area contributed by atoms with Crippen molar-refractivity contribution in [2.45, 2.75) is 13.2 Å². The molecule has 3 rings (SSSR count). The Morgan fingerprint density at radius 1 is 1.16 bits per heavy atom. The lowest BCUT2D eigenvalue weighted by Gasteiger charge is -2.10. The van der Waals surface area contributed by atoms with Crippen LogP contribution in [0.1, 0.15) is 22.4 Å². The molecule has 3 N–H and O–H groups in total. The molecule has 0 radical (unpaired) electrons. The fourth-order valence-corrected chi connectivity index (χ4v) is 3.16. The van der Waals surface area contributed by atoms with Gasteiger partial charge in [-0.3, -0.25) is 0 Å². The van der Waals surface area contributed by atoms with Crippen LogP contribution in [0.25, 0.3) is 11.6 Å². The van der Waals surface area contributed by atoms with Gasteiger partial charge in [-0.15, -0.1) is 0 Å². The highest BCUT2D eigenvalue weighted by Crippen LogP contribution is 2.30. The molecule has 0 amide bonds. The number of aromatic nitrogens is 2. The minimum Gasteiger partial charge on any atom is -0.488 e. The quantitative estimate of drug-likeness (QED) is 0.514. The van der Waals surface area contributed by atoms with E-state index in [9.17, 15) is 10.5 Å². The topological polar surface area (TPSA) is 121 Å². The molecule has 2 aromatic carbocycles. The molecule has 0 aliphatic heterocycles. The van der Waals surface area contributed by atoms with Gasteiger partial charge in [-0.25, -0.2) is 4.68 Å². The van der Waals surface area contributed by atoms with E-state index < -0.39 is 0 Å². The molecule has 3 aromatic rings. The molecule has 156 valence electrons. The van der Waals surface area contributed by atoms with Gasteiger partial charge in [0.1, 0.15) is 41.6 Å². The van der Waals surface area contributed by atoms with E-state index in [1.165, 1.54) is 10.8 Å². The third-order valence-electron chi connectivity index (χ3n) is 4.37. The van der Waals surface area contributed by atoms with Gasteiger partial charge >= 0.3 is 0 Å². The van der Waals surface area contributed by atoms with Crippen LogP contribution in [-0.2, 0) is 13.2 Å². The minimum absolute atomic E-state index is 0.0620. The lowest BCUT2D eigenvalue weighted by Crippen LogP contribution is -2.07. The average molecular weight is 454 g/mol. The minimum atomic E-state index is -0.210. The van der Waals surface area contributed by atoms with Crippen molar-refractivity contribution in [2.75, 3.05) is 12.3 Å². The summed E-state index contributed by atoms with van der Waals surface area (Å²) in [6, 6.07) is 16.3. The summed E-state index contributed by atoms with van der Waals surface area (Å²) >= 11 is 12.1. The average Bonchev–Trinajstić information content (AvgIpc) is 3.08. The fourth-order valence-electron chi connectivity index (χ4n) is 2.85. The molecular weight excluding hydrogens is 437 g/mol. The molecule has 31 heavy (non-hydrogen) atoms. The summed E-state index contributed by atoms with van der Waals surface area (Å²) in [6.07, 6.45) is 1.54. The first kappa shape index (κ1) is 22.2. The lowest BCUT2D eigenvalue weighted by atomic mass is 10.1. The number of nitrogen functional groups attached to an aromatic ring is 1. The van der Waals surface area contributed by atoms with Gasteiger partial charge in [-0.2, -0.15) is 15.6 Å². The molecule has 0 saturated heterocycles. The highest BCUT2D eigenvalue weighted by atomic mass is 35.5. The van der Waals surface area contributed by atoms with Gasteiger partial charge < -0.3 is 15.6 Å². The predicted molar refractivity (Wildman–Crippen MR) is 119 cm³/mol. The molecule has 1 aromatic heterocycles. The van der Waals surface area contributed by atoms with Gasteiger partial charge in [0.15, 0.2) is 0 Å². The van der Waals surface area contributed by atoms with Crippen LogP contribution in [0.4, 0.5) is 5.82 Å². The van der Waals surface area contributed by atoms with Crippen LogP contribution >= 0.6 is 23.2 Å². The van der Waals surface area contributed by atoms with Crippen LogP contribution in [-0.4, -0.2) is 21.5 Å². The molecule has 0 unspecified atom stereocenters. The van der Waals surface area contributed by atoms with E-state index in [4.69, 9.17) is 38.8 Å². The van der Waals surface area contributed by atoms with Crippen molar-refractivity contribution in [1.82, 2.24) is 9.78 Å². The second-order valence-corrected chi connectivity index (χ2v) is 7.31. The number of nitriles is 2. The van der Waals surface area contributed by atoms with Gasteiger partial charge in [-0.1, -0.05) is 35.3 Å². The molecule has 0 saturated carbocycles. The monoisotopic (exact) mass is 453 g/mol. The number of nitrogens with two attached hydrogens (primary N) is 1. The number of hydrogen-bond donors (Lipinski definition) is 2. The molecule has 0 bridgehead atoms. The predicted octanol–water partition coefficient (Wildman–Crippen LogP) is 4.28. The van der Waals surface area contributed by atoms with Gasteiger partial charge in [0, 0.05) is 15.6 Å². The number of rotatable bonds is 7. The molecule has 0 fully saturated rings. The van der Waals surface area contributed by atoms with Crippen molar-refractivity contribution in [1.29, 1.82) is 10.5 Å². The molecule has 0 spiro atoms. The van der Waals surface area contributed by atoms with E-state index in [0.29, 0.717) is 21.4 Å². The SMILES string of the molecule is N#C/C(=C\c1cc(Cl)ccc1OCc1ccc(Cl)cc1)c1nn(CCO)c(N)c1C#N. The van der Waals surface area contributed by atoms with E-state index in [1.807, 2.05) is 18.2 Å². The first-order chi connectivity index (χ1) is 15.0. The maximum absolute atomic E-state index is 9.73. The smallest absolute Gasteiger partial charge is 0.140 e. The number of allylic oxidation sites excluding steroid dienone is 1. The lowest BCUT2D eigenvalue weighted by molar-refractivity contribution is 0.270. The number of halogens is 2. The van der Waals surface area contributed by atoms with Crippen LogP contribution in [0.2, 0.25) is 10.0 Å². The van der Waals surface area contributed by atoms with Crippen molar-refractivity contribution in [2.24, 2.45) is 0 Å². The van der Waals surface area contributed by atoms with Crippen LogP contribution in [0.5, 0.6) is 5.75 Å². The normalized spacial score (nSPS) is 11.1. The zero-order valence-corrected chi connectivity index (χ0v) is 17.7. The third-order valence-corrected chi connectivity index (χ3v) is 4.86. The zero-order chi connectivity index (χ0) is 22.4. The number of aliphatic hydroxyl groups excluding tert-OH is 1. The molecule has 9 heteroatoms. The maximum atomic E-state index is 9.73. The van der Waals surface area contributed by atoms with Crippen molar-refractivity contribution in [3.63, 3.8) is 0 Å². The van der Waals surface area contributed by atoms with Crippen molar-refractivity contribution in [3.05, 3.63) is 74.9 Å². The first-order valence-electron chi connectivity index (χ1n) is 9.13. The number of anilines is 1. The third kappa shape index (κ3) is 5.17. The highest BCUT2D eigenvalue weighted by Gasteiger charge is 2.19. The number of nitrogens with zero attached hydrogens (tertiary/aromatic N) is 4. The molecule has 0 aliphatic carbocycles. The standard InChI is InChI=1S/C22H17Cl2N5O2/c23-17-3-1-14(2-4-17)13-31-20-6-5-18(24)10-15(20)9-16(11-25)21-19(12-26)22(27)29(28-21)7-8-30/h1-6,9-10,30H,7-8,13,27H2/b16-9+. The summed E-state index contributed by atoms with van der Waals surface area (Å²) in [4.78, 5) is 0. The van der Waals surface area contributed by atoms with Gasteiger partial charge in [0.05, 0.1) is 18.7 Å². The van der Waals surface area contributed by atoms with Crippen LogP contribution in [0.15, 0.2) is 42.5 Å². The Labute approximate surface area is 189 Å². The van der Waals surface area contributed by atoms with Crippen molar-refractivity contribution < 1.29 is 9.84 Å². The second kappa shape index (κ2) is 10.0.